The molecule has 9 nitrogen and oxygen atoms in total. The van der Waals surface area contributed by atoms with E-state index in [2.05, 4.69) is 15.0 Å². The van der Waals surface area contributed by atoms with E-state index in [9.17, 15) is 19.5 Å². The summed E-state index contributed by atoms with van der Waals surface area (Å²) >= 11 is 0. The molecule has 0 atom stereocenters. The molecule has 0 aliphatic carbocycles. The van der Waals surface area contributed by atoms with E-state index in [1.54, 1.807) is 34.6 Å². The van der Waals surface area contributed by atoms with Crippen molar-refractivity contribution < 1.29 is 24.0 Å². The molecule has 0 fully saturated rings. The molecule has 0 saturated carbocycles. The van der Waals surface area contributed by atoms with Crippen LogP contribution < -0.4 is 11.1 Å². The maximum Gasteiger partial charge on any atom is 0.441 e. The number of nitrogens with one attached hydrogen (secondary N) is 1. The van der Waals surface area contributed by atoms with Gasteiger partial charge in [0.25, 0.3) is 0 Å². The van der Waals surface area contributed by atoms with Crippen molar-refractivity contribution in [1.29, 1.82) is 0 Å². The smallest absolute Gasteiger partial charge is 0.441 e. The Hall–Kier alpha value is -2.58. The number of carbonyl (C=O) groups is 2. The minimum absolute atomic E-state index is 0.223. The van der Waals surface area contributed by atoms with Crippen molar-refractivity contribution >= 4 is 12.1 Å². The van der Waals surface area contributed by atoms with E-state index in [0.29, 0.717) is 30.8 Å². The third-order valence-corrected chi connectivity index (χ3v) is 3.07. The largest absolute Gasteiger partial charge is 0.477 e. The second kappa shape index (κ2) is 7.80. The first kappa shape index (κ1) is 19.5. The van der Waals surface area contributed by atoms with E-state index in [-0.39, 0.29) is 5.70 Å². The number of hydrogen-bond donors (Lipinski definition) is 2. The van der Waals surface area contributed by atoms with Crippen LogP contribution in [0.3, 0.4) is 0 Å². The summed E-state index contributed by atoms with van der Waals surface area (Å²) in [6.07, 6.45) is 0.0278. The van der Waals surface area contributed by atoms with E-state index in [4.69, 9.17) is 4.74 Å². The summed E-state index contributed by atoms with van der Waals surface area (Å²) in [4.78, 5) is 34.5. The zero-order chi connectivity index (χ0) is 18.5. The van der Waals surface area contributed by atoms with Gasteiger partial charge in [0.15, 0.2) is 5.82 Å². The van der Waals surface area contributed by atoms with E-state index in [1.807, 2.05) is 0 Å². The zero-order valence-electron chi connectivity index (χ0n) is 14.5. The molecule has 0 aromatic carbocycles. The number of amides is 1. The number of aromatic nitrogens is 2. The van der Waals surface area contributed by atoms with Crippen LogP contribution in [0.4, 0.5) is 4.79 Å². The Morgan fingerprint density at radius 1 is 1.38 bits per heavy atom. The first-order valence-corrected chi connectivity index (χ1v) is 7.47. The van der Waals surface area contributed by atoms with Crippen LogP contribution >= 0.6 is 0 Å². The molecule has 1 aromatic rings. The molecule has 0 radical (unpaired) electrons. The summed E-state index contributed by atoms with van der Waals surface area (Å²) in [5.74, 6) is -1.36. The Morgan fingerprint density at radius 2 is 2.00 bits per heavy atom. The van der Waals surface area contributed by atoms with Crippen molar-refractivity contribution in [2.24, 2.45) is 0 Å². The normalized spacial score (nSPS) is 12.5. The highest BCUT2D eigenvalue weighted by molar-refractivity contribution is 5.91. The fourth-order valence-corrected chi connectivity index (χ4v) is 1.96. The van der Waals surface area contributed by atoms with Gasteiger partial charge in [-0.05, 0) is 53.0 Å². The second-order valence-electron chi connectivity index (χ2n) is 6.34. The van der Waals surface area contributed by atoms with Crippen LogP contribution in [0.1, 0.15) is 46.4 Å². The Morgan fingerprint density at radius 3 is 2.46 bits per heavy atom. The van der Waals surface area contributed by atoms with Gasteiger partial charge >= 0.3 is 17.8 Å². The molecule has 2 N–H and O–H groups in total. The van der Waals surface area contributed by atoms with Crippen molar-refractivity contribution in [2.45, 2.75) is 59.6 Å². The second-order valence-corrected chi connectivity index (χ2v) is 6.34. The minimum Gasteiger partial charge on any atom is -0.477 e. The monoisotopic (exact) mass is 341 g/mol. The molecular formula is C15H23N3O6. The lowest BCUT2D eigenvalue weighted by molar-refractivity contribution is -0.133. The summed E-state index contributed by atoms with van der Waals surface area (Å²) in [7, 11) is 0. The summed E-state index contributed by atoms with van der Waals surface area (Å²) in [6, 6.07) is 0. The molecule has 0 unspecified atom stereocenters. The molecular weight excluding hydrogens is 318 g/mol. The predicted octanol–water partition coefficient (Wildman–Crippen LogP) is 1.81. The summed E-state index contributed by atoms with van der Waals surface area (Å²) < 4.78 is 10.9. The lowest BCUT2D eigenvalue weighted by Gasteiger charge is -2.20. The highest BCUT2D eigenvalue weighted by Crippen LogP contribution is 2.12. The quantitative estimate of drug-likeness (QED) is 0.756. The Bertz CT molecular complexity index is 693. The Kier molecular flexibility index (Phi) is 6.33. The number of allylic oxidation sites excluding steroid dienone is 1. The molecule has 0 aliphatic heterocycles. The van der Waals surface area contributed by atoms with Gasteiger partial charge in [-0.15, -0.1) is 0 Å². The molecule has 0 aliphatic rings. The third-order valence-electron chi connectivity index (χ3n) is 3.07. The van der Waals surface area contributed by atoms with Gasteiger partial charge in [0, 0.05) is 6.54 Å². The summed E-state index contributed by atoms with van der Waals surface area (Å²) in [6.45, 7) is 8.63. The van der Waals surface area contributed by atoms with Gasteiger partial charge in [-0.25, -0.2) is 14.4 Å². The Labute approximate surface area is 139 Å². The van der Waals surface area contributed by atoms with Crippen molar-refractivity contribution in [3.8, 4) is 0 Å². The van der Waals surface area contributed by atoms with E-state index >= 15 is 0 Å². The topological polar surface area (TPSA) is 124 Å². The van der Waals surface area contributed by atoms with Crippen molar-refractivity contribution in [1.82, 2.24) is 15.0 Å². The number of rotatable bonds is 6. The predicted molar refractivity (Wildman–Crippen MR) is 84.4 cm³/mol. The maximum atomic E-state index is 11.7. The van der Waals surface area contributed by atoms with Crippen molar-refractivity contribution in [3.05, 3.63) is 27.6 Å². The van der Waals surface area contributed by atoms with Crippen LogP contribution in [0, 0.1) is 6.92 Å². The molecule has 0 bridgehead atoms. The number of aliphatic carboxylic acids is 1. The number of carbonyl (C=O) groups excluding carboxylic acids is 1. The SMILES string of the molecule is CC(CCCn1c(C)noc1=O)=C(NC(=O)OC(C)(C)C)C(=O)O. The van der Waals surface area contributed by atoms with Gasteiger partial charge in [-0.2, -0.15) is 0 Å². The minimum atomic E-state index is -1.25. The van der Waals surface area contributed by atoms with Crippen LogP contribution in [0.25, 0.3) is 0 Å². The van der Waals surface area contributed by atoms with E-state index < -0.39 is 23.4 Å². The highest BCUT2D eigenvalue weighted by Gasteiger charge is 2.20. The van der Waals surface area contributed by atoms with Crippen LogP contribution in [0.5, 0.6) is 0 Å². The zero-order valence-corrected chi connectivity index (χ0v) is 14.5. The van der Waals surface area contributed by atoms with Gasteiger partial charge in [0.05, 0.1) is 0 Å². The average Bonchev–Trinajstić information content (AvgIpc) is 2.74. The number of carboxylic acids is 1. The highest BCUT2D eigenvalue weighted by atomic mass is 16.6. The summed E-state index contributed by atoms with van der Waals surface area (Å²) in [5.41, 5.74) is -0.483. The third kappa shape index (κ3) is 5.90. The first-order valence-electron chi connectivity index (χ1n) is 7.47. The number of ether oxygens (including phenoxy) is 1. The first-order chi connectivity index (χ1) is 11.0. The molecule has 1 aromatic heterocycles. The molecule has 1 heterocycles. The summed E-state index contributed by atoms with van der Waals surface area (Å²) in [5, 5.41) is 15.1. The van der Waals surface area contributed by atoms with Crippen LogP contribution in [0.15, 0.2) is 20.6 Å². The number of nitrogens with zero attached hydrogens (tertiary/aromatic N) is 2. The number of hydrogen-bond acceptors (Lipinski definition) is 6. The van der Waals surface area contributed by atoms with Gasteiger partial charge in [-0.3, -0.25) is 14.4 Å². The molecule has 9 heteroatoms. The van der Waals surface area contributed by atoms with Crippen LogP contribution in [-0.4, -0.2) is 32.5 Å². The average molecular weight is 341 g/mol. The fourth-order valence-electron chi connectivity index (χ4n) is 1.96. The van der Waals surface area contributed by atoms with Crippen molar-refractivity contribution in [2.75, 3.05) is 0 Å². The van der Waals surface area contributed by atoms with Gasteiger partial charge in [0.2, 0.25) is 0 Å². The molecule has 24 heavy (non-hydrogen) atoms. The molecule has 0 spiro atoms. The van der Waals surface area contributed by atoms with Crippen LogP contribution in [-0.2, 0) is 16.1 Å². The Balaban J connectivity index is 2.72. The lowest BCUT2D eigenvalue weighted by atomic mass is 10.1. The molecule has 134 valence electrons. The van der Waals surface area contributed by atoms with E-state index in [0.717, 1.165) is 0 Å². The lowest BCUT2D eigenvalue weighted by Crippen LogP contribution is -2.34. The number of carboxylic acid groups (broad SMARTS) is 1. The van der Waals surface area contributed by atoms with Crippen LogP contribution in [0.2, 0.25) is 0 Å². The standard InChI is InChI=1S/C15H23N3O6/c1-9(7-6-8-18-10(2)17-24-14(18)22)11(12(19)20)16-13(21)23-15(3,4)5/h6-8H2,1-5H3,(H,16,21)(H,19,20). The van der Waals surface area contributed by atoms with Gasteiger partial charge in [-0.1, -0.05) is 5.16 Å². The molecule has 1 rings (SSSR count). The molecule has 1 amide bonds. The number of alkyl carbamates (subject to hydrolysis) is 1. The number of aryl methyl sites for hydroxylation is 1. The molecule has 0 saturated heterocycles. The van der Waals surface area contributed by atoms with Crippen molar-refractivity contribution in [3.63, 3.8) is 0 Å². The van der Waals surface area contributed by atoms with E-state index in [1.165, 1.54) is 4.57 Å². The maximum absolute atomic E-state index is 11.7. The van der Waals surface area contributed by atoms with Gasteiger partial charge < -0.3 is 9.84 Å². The van der Waals surface area contributed by atoms with Gasteiger partial charge in [0.1, 0.15) is 11.3 Å². The fraction of sp³-hybridized carbons (Fsp3) is 0.600.